The van der Waals surface area contributed by atoms with Crippen LogP contribution in [0.5, 0.6) is 0 Å². The van der Waals surface area contributed by atoms with E-state index in [1.807, 2.05) is 6.92 Å². The molecule has 1 aromatic heterocycles. The summed E-state index contributed by atoms with van der Waals surface area (Å²) >= 11 is 3.60. The maximum Gasteiger partial charge on any atom is 0.140 e. The Bertz CT molecular complexity index is 465. The minimum Gasteiger partial charge on any atom is -0.397 e. The molecule has 0 atom stereocenters. The molecule has 1 fully saturated rings. The number of halogens is 1. The molecule has 0 unspecified atom stereocenters. The average molecular weight is 340 g/mol. The van der Waals surface area contributed by atoms with Gasteiger partial charge in [0.05, 0.1) is 16.4 Å². The Morgan fingerprint density at radius 1 is 1.40 bits per heavy atom. The lowest BCUT2D eigenvalue weighted by atomic mass is 9.78. The Morgan fingerprint density at radius 2 is 2.05 bits per heavy atom. The Balaban J connectivity index is 2.08. The van der Waals surface area contributed by atoms with Crippen molar-refractivity contribution in [2.75, 3.05) is 17.6 Å². The highest BCUT2D eigenvalue weighted by Gasteiger charge is 2.34. The topological polar surface area (TPSA) is 50.9 Å². The SMILES string of the molecule is Cc1c(N)cnc(NCC2(CC(C)C)CCCC2)c1Br. The number of hydrogen-bond donors (Lipinski definition) is 2. The molecule has 3 nitrogen and oxygen atoms in total. The smallest absolute Gasteiger partial charge is 0.140 e. The Kier molecular flexibility index (Phi) is 4.95. The summed E-state index contributed by atoms with van der Waals surface area (Å²) in [6.07, 6.45) is 8.44. The summed E-state index contributed by atoms with van der Waals surface area (Å²) in [5.41, 5.74) is 8.13. The number of rotatable bonds is 5. The first-order valence-electron chi connectivity index (χ1n) is 7.58. The summed E-state index contributed by atoms with van der Waals surface area (Å²) in [5, 5.41) is 3.56. The molecule has 0 spiro atoms. The van der Waals surface area contributed by atoms with Crippen molar-refractivity contribution in [3.05, 3.63) is 16.2 Å². The van der Waals surface area contributed by atoms with Crippen LogP contribution < -0.4 is 11.1 Å². The van der Waals surface area contributed by atoms with E-state index >= 15 is 0 Å². The number of aromatic nitrogens is 1. The van der Waals surface area contributed by atoms with Crippen LogP contribution >= 0.6 is 15.9 Å². The van der Waals surface area contributed by atoms with Gasteiger partial charge in [-0.25, -0.2) is 4.98 Å². The second-order valence-corrected chi connectivity index (χ2v) is 7.45. The lowest BCUT2D eigenvalue weighted by Gasteiger charge is -2.31. The lowest BCUT2D eigenvalue weighted by molar-refractivity contribution is 0.252. The van der Waals surface area contributed by atoms with Gasteiger partial charge in [-0.2, -0.15) is 0 Å². The van der Waals surface area contributed by atoms with E-state index in [1.165, 1.54) is 32.1 Å². The highest BCUT2D eigenvalue weighted by Crippen LogP contribution is 2.43. The van der Waals surface area contributed by atoms with Gasteiger partial charge in [-0.15, -0.1) is 0 Å². The average Bonchev–Trinajstić information content (AvgIpc) is 2.83. The fourth-order valence-corrected chi connectivity index (χ4v) is 3.90. The zero-order valence-electron chi connectivity index (χ0n) is 12.8. The van der Waals surface area contributed by atoms with Crippen molar-refractivity contribution in [1.29, 1.82) is 0 Å². The molecule has 1 aromatic rings. The minimum absolute atomic E-state index is 0.449. The third-order valence-corrected chi connectivity index (χ3v) is 5.41. The molecule has 0 aliphatic heterocycles. The molecule has 3 N–H and O–H groups in total. The van der Waals surface area contributed by atoms with Gasteiger partial charge in [-0.05, 0) is 59.0 Å². The quantitative estimate of drug-likeness (QED) is 0.813. The van der Waals surface area contributed by atoms with E-state index in [0.29, 0.717) is 5.41 Å². The molecule has 2 rings (SSSR count). The van der Waals surface area contributed by atoms with Gasteiger partial charge < -0.3 is 11.1 Å². The molecule has 1 heterocycles. The molecular weight excluding hydrogens is 314 g/mol. The van der Waals surface area contributed by atoms with Gasteiger partial charge in [-0.1, -0.05) is 26.7 Å². The standard InChI is InChI=1S/C16H26BrN3/c1-11(2)8-16(6-4-5-7-16)10-20-15-14(17)12(3)13(18)9-19-15/h9,11H,4-8,10,18H2,1-3H3,(H,19,20). The molecule has 0 amide bonds. The first kappa shape index (κ1) is 15.6. The first-order valence-corrected chi connectivity index (χ1v) is 8.37. The molecule has 1 aliphatic carbocycles. The predicted octanol–water partition coefficient (Wildman–Crippen LogP) is 4.75. The number of hydrogen-bond acceptors (Lipinski definition) is 3. The van der Waals surface area contributed by atoms with Crippen LogP contribution in [0, 0.1) is 18.3 Å². The third kappa shape index (κ3) is 3.46. The van der Waals surface area contributed by atoms with E-state index in [1.54, 1.807) is 6.20 Å². The molecule has 1 aliphatic rings. The number of pyridine rings is 1. The number of nitrogens with zero attached hydrogens (tertiary/aromatic N) is 1. The van der Waals surface area contributed by atoms with Gasteiger partial charge in [0, 0.05) is 6.54 Å². The second-order valence-electron chi connectivity index (χ2n) is 6.66. The van der Waals surface area contributed by atoms with Gasteiger partial charge in [-0.3, -0.25) is 0 Å². The van der Waals surface area contributed by atoms with Gasteiger partial charge in [0.1, 0.15) is 5.82 Å². The van der Waals surface area contributed by atoms with Crippen LogP contribution in [-0.2, 0) is 0 Å². The molecule has 0 bridgehead atoms. The molecule has 112 valence electrons. The summed E-state index contributed by atoms with van der Waals surface area (Å²) in [4.78, 5) is 4.43. The van der Waals surface area contributed by atoms with Crippen molar-refractivity contribution in [2.45, 2.75) is 52.9 Å². The van der Waals surface area contributed by atoms with Crippen LogP contribution in [0.15, 0.2) is 10.7 Å². The summed E-state index contributed by atoms with van der Waals surface area (Å²) in [5.74, 6) is 1.67. The van der Waals surface area contributed by atoms with Crippen LogP contribution in [0.3, 0.4) is 0 Å². The van der Waals surface area contributed by atoms with E-state index in [-0.39, 0.29) is 0 Å². The van der Waals surface area contributed by atoms with E-state index in [2.05, 4.69) is 40.1 Å². The monoisotopic (exact) mass is 339 g/mol. The summed E-state index contributed by atoms with van der Waals surface area (Å²) in [6.45, 7) is 7.68. The van der Waals surface area contributed by atoms with Crippen molar-refractivity contribution in [3.8, 4) is 0 Å². The molecule has 20 heavy (non-hydrogen) atoms. The number of nitrogens with one attached hydrogen (secondary N) is 1. The largest absolute Gasteiger partial charge is 0.397 e. The fraction of sp³-hybridized carbons (Fsp3) is 0.688. The maximum absolute atomic E-state index is 5.88. The molecule has 0 saturated heterocycles. The zero-order chi connectivity index (χ0) is 14.8. The summed E-state index contributed by atoms with van der Waals surface area (Å²) in [7, 11) is 0. The van der Waals surface area contributed by atoms with Crippen LogP contribution in [0.4, 0.5) is 11.5 Å². The first-order chi connectivity index (χ1) is 9.43. The van der Waals surface area contributed by atoms with E-state index in [0.717, 1.165) is 34.0 Å². The molecular formula is C16H26BrN3. The Hall–Kier alpha value is -0.770. The zero-order valence-corrected chi connectivity index (χ0v) is 14.4. The second kappa shape index (κ2) is 6.33. The van der Waals surface area contributed by atoms with E-state index in [4.69, 9.17) is 5.73 Å². The molecule has 0 aromatic carbocycles. The van der Waals surface area contributed by atoms with Crippen LogP contribution in [0.1, 0.15) is 51.5 Å². The lowest BCUT2D eigenvalue weighted by Crippen LogP contribution is -2.29. The predicted molar refractivity (Wildman–Crippen MR) is 89.9 cm³/mol. The Labute approximate surface area is 130 Å². The number of nitrogen functional groups attached to an aromatic ring is 1. The van der Waals surface area contributed by atoms with Crippen LogP contribution in [0.2, 0.25) is 0 Å². The van der Waals surface area contributed by atoms with Crippen LogP contribution in [0.25, 0.3) is 0 Å². The van der Waals surface area contributed by atoms with Crippen molar-refractivity contribution < 1.29 is 0 Å². The van der Waals surface area contributed by atoms with Crippen LogP contribution in [-0.4, -0.2) is 11.5 Å². The number of nitrogens with two attached hydrogens (primary N) is 1. The molecule has 1 saturated carbocycles. The molecule has 4 heteroatoms. The van der Waals surface area contributed by atoms with E-state index < -0.39 is 0 Å². The van der Waals surface area contributed by atoms with Crippen molar-refractivity contribution >= 4 is 27.4 Å². The van der Waals surface area contributed by atoms with Gasteiger partial charge in [0.15, 0.2) is 0 Å². The minimum atomic E-state index is 0.449. The summed E-state index contributed by atoms with van der Waals surface area (Å²) in [6, 6.07) is 0. The van der Waals surface area contributed by atoms with Gasteiger partial charge in [0.25, 0.3) is 0 Å². The van der Waals surface area contributed by atoms with Gasteiger partial charge >= 0.3 is 0 Å². The third-order valence-electron chi connectivity index (χ3n) is 4.44. The number of anilines is 2. The van der Waals surface area contributed by atoms with Crippen molar-refractivity contribution in [2.24, 2.45) is 11.3 Å². The fourth-order valence-electron chi connectivity index (χ4n) is 3.43. The van der Waals surface area contributed by atoms with Crippen molar-refractivity contribution in [1.82, 2.24) is 4.98 Å². The van der Waals surface area contributed by atoms with Gasteiger partial charge in [0.2, 0.25) is 0 Å². The highest BCUT2D eigenvalue weighted by atomic mass is 79.9. The molecule has 0 radical (unpaired) electrons. The normalized spacial score (nSPS) is 17.6. The highest BCUT2D eigenvalue weighted by molar-refractivity contribution is 9.10. The van der Waals surface area contributed by atoms with Crippen molar-refractivity contribution in [3.63, 3.8) is 0 Å². The Morgan fingerprint density at radius 3 is 2.65 bits per heavy atom. The maximum atomic E-state index is 5.88. The van der Waals surface area contributed by atoms with E-state index in [9.17, 15) is 0 Å². The summed E-state index contributed by atoms with van der Waals surface area (Å²) < 4.78 is 0.996.